The molecule has 176 valence electrons. The zero-order valence-electron chi connectivity index (χ0n) is 19.7. The number of benzene rings is 1. The van der Waals surface area contributed by atoms with Crippen LogP contribution in [0.15, 0.2) is 36.4 Å². The van der Waals surface area contributed by atoms with Crippen molar-refractivity contribution in [3.8, 4) is 10.4 Å². The van der Waals surface area contributed by atoms with Gasteiger partial charge in [0.05, 0.1) is 5.69 Å². The molecule has 1 fully saturated rings. The second kappa shape index (κ2) is 12.8. The minimum absolute atomic E-state index is 0.00196. The van der Waals surface area contributed by atoms with Gasteiger partial charge in [0, 0.05) is 23.4 Å². The van der Waals surface area contributed by atoms with Crippen molar-refractivity contribution < 1.29 is 19.8 Å². The summed E-state index contributed by atoms with van der Waals surface area (Å²) in [6.45, 7) is 8.16. The summed E-state index contributed by atoms with van der Waals surface area (Å²) in [5.41, 5.74) is 1.40. The molecule has 0 spiro atoms. The maximum Gasteiger partial charge on any atom is 0.348 e. The Kier molecular flexibility index (Phi) is 10.4. The molecule has 1 atom stereocenters. The van der Waals surface area contributed by atoms with Crippen molar-refractivity contribution in [2.24, 2.45) is 11.8 Å². The first-order valence-electron chi connectivity index (χ1n) is 11.8. The van der Waals surface area contributed by atoms with E-state index in [2.05, 4.69) is 6.92 Å². The van der Waals surface area contributed by atoms with Crippen molar-refractivity contribution in [3.05, 3.63) is 41.3 Å². The van der Waals surface area contributed by atoms with Gasteiger partial charge in [0.1, 0.15) is 4.88 Å². The van der Waals surface area contributed by atoms with Crippen molar-refractivity contribution in [2.75, 3.05) is 11.5 Å². The maximum absolute atomic E-state index is 13.7. The van der Waals surface area contributed by atoms with E-state index in [1.54, 1.807) is 4.90 Å². The zero-order chi connectivity index (χ0) is 23.7. The van der Waals surface area contributed by atoms with Crippen LogP contribution in [0.4, 0.5) is 5.69 Å². The number of carboxylic acid groups (broad SMARTS) is 1. The van der Waals surface area contributed by atoms with E-state index >= 15 is 0 Å². The maximum atomic E-state index is 13.7. The topological polar surface area (TPSA) is 77.8 Å². The molecule has 0 bridgehead atoms. The standard InChI is InChI=1S/C24H31NO4S.C2H6/c1-3-19(13-14-26)25(23(27)18-11-9-16(2)10-12-18)20-15-21(30-22(20)24(28)29)17-7-5-4-6-8-17;1-2/h4-8,15-16,18-19,26H,3,9-14H2,1-2H3,(H,28,29);1-2H3. The van der Waals surface area contributed by atoms with Gasteiger partial charge in [-0.2, -0.15) is 0 Å². The van der Waals surface area contributed by atoms with Crippen molar-refractivity contribution in [3.63, 3.8) is 0 Å². The van der Waals surface area contributed by atoms with Crippen LogP contribution in [0.5, 0.6) is 0 Å². The highest BCUT2D eigenvalue weighted by molar-refractivity contribution is 7.18. The molecule has 0 saturated heterocycles. The normalized spacial score (nSPS) is 18.9. The summed E-state index contributed by atoms with van der Waals surface area (Å²) in [7, 11) is 0. The molecule has 0 aliphatic heterocycles. The number of rotatable bonds is 8. The van der Waals surface area contributed by atoms with Crippen molar-refractivity contribution in [1.82, 2.24) is 0 Å². The van der Waals surface area contributed by atoms with E-state index in [1.807, 2.05) is 57.2 Å². The van der Waals surface area contributed by atoms with Crippen LogP contribution < -0.4 is 4.90 Å². The lowest BCUT2D eigenvalue weighted by atomic mass is 9.82. The van der Waals surface area contributed by atoms with Crippen LogP contribution >= 0.6 is 11.3 Å². The number of anilines is 1. The van der Waals surface area contributed by atoms with E-state index in [4.69, 9.17) is 0 Å². The fourth-order valence-electron chi connectivity index (χ4n) is 4.32. The number of aliphatic hydroxyl groups is 1. The molecular weight excluding hydrogens is 422 g/mol. The van der Waals surface area contributed by atoms with Crippen LogP contribution in [0, 0.1) is 11.8 Å². The van der Waals surface area contributed by atoms with Gasteiger partial charge >= 0.3 is 5.97 Å². The lowest BCUT2D eigenvalue weighted by molar-refractivity contribution is -0.124. The summed E-state index contributed by atoms with van der Waals surface area (Å²) in [6, 6.07) is 11.3. The van der Waals surface area contributed by atoms with Crippen LogP contribution in [-0.4, -0.2) is 34.7 Å². The highest BCUT2D eigenvalue weighted by atomic mass is 32.1. The van der Waals surface area contributed by atoms with Crippen molar-refractivity contribution in [1.29, 1.82) is 0 Å². The number of thiophene rings is 1. The Bertz CT molecular complexity index is 856. The molecule has 2 N–H and O–H groups in total. The average Bonchev–Trinajstić information content (AvgIpc) is 3.26. The number of aromatic carboxylic acids is 1. The summed E-state index contributed by atoms with van der Waals surface area (Å²) in [5.74, 6) is -0.480. The van der Waals surface area contributed by atoms with E-state index in [0.717, 1.165) is 36.1 Å². The molecule has 3 rings (SSSR count). The Morgan fingerprint density at radius 1 is 1.12 bits per heavy atom. The molecule has 5 nitrogen and oxygen atoms in total. The summed E-state index contributed by atoms with van der Waals surface area (Å²) in [5, 5.41) is 19.5. The molecule has 0 radical (unpaired) electrons. The van der Waals surface area contributed by atoms with E-state index in [9.17, 15) is 19.8 Å². The minimum atomic E-state index is -1.02. The quantitative estimate of drug-likeness (QED) is 0.475. The Morgan fingerprint density at radius 3 is 2.28 bits per heavy atom. The molecule has 1 aromatic carbocycles. The number of hydrogen-bond donors (Lipinski definition) is 2. The molecule has 1 unspecified atom stereocenters. The third-order valence-corrected chi connectivity index (χ3v) is 7.29. The van der Waals surface area contributed by atoms with Crippen molar-refractivity contribution in [2.45, 2.75) is 72.3 Å². The third-order valence-electron chi connectivity index (χ3n) is 6.13. The fourth-order valence-corrected chi connectivity index (χ4v) is 5.32. The van der Waals surface area contributed by atoms with Gasteiger partial charge in [-0.3, -0.25) is 4.79 Å². The van der Waals surface area contributed by atoms with E-state index in [-0.39, 0.29) is 29.4 Å². The number of nitrogens with zero attached hydrogens (tertiary/aromatic N) is 1. The Balaban J connectivity index is 0.00000176. The first kappa shape index (κ1) is 26.1. The van der Waals surface area contributed by atoms with E-state index in [1.165, 1.54) is 11.3 Å². The largest absolute Gasteiger partial charge is 0.477 e. The smallest absolute Gasteiger partial charge is 0.348 e. The fraction of sp³-hybridized carbons (Fsp3) is 0.538. The van der Waals surface area contributed by atoms with Crippen LogP contribution in [0.1, 0.15) is 75.9 Å². The molecule has 1 aliphatic rings. The summed E-state index contributed by atoms with van der Waals surface area (Å²) < 4.78 is 0. The van der Waals surface area contributed by atoms with Gasteiger partial charge in [0.2, 0.25) is 5.91 Å². The highest BCUT2D eigenvalue weighted by Gasteiger charge is 2.35. The van der Waals surface area contributed by atoms with Crippen LogP contribution in [0.25, 0.3) is 10.4 Å². The molecule has 6 heteroatoms. The Morgan fingerprint density at radius 2 is 1.75 bits per heavy atom. The summed E-state index contributed by atoms with van der Waals surface area (Å²) >= 11 is 1.20. The van der Waals surface area contributed by atoms with Gasteiger partial charge in [-0.15, -0.1) is 11.3 Å². The highest BCUT2D eigenvalue weighted by Crippen LogP contribution is 2.40. The van der Waals surface area contributed by atoms with E-state index in [0.29, 0.717) is 24.4 Å². The van der Waals surface area contributed by atoms with Gasteiger partial charge < -0.3 is 15.1 Å². The Hall–Kier alpha value is -2.18. The SMILES string of the molecule is CC.CCC(CCO)N(C(=O)C1CCC(C)CC1)c1cc(-c2ccccc2)sc1C(=O)O. The number of carboxylic acids is 1. The Labute approximate surface area is 196 Å². The van der Waals surface area contributed by atoms with Crippen molar-refractivity contribution >= 4 is 28.9 Å². The molecule has 1 amide bonds. The summed E-state index contributed by atoms with van der Waals surface area (Å²) in [6.07, 6.45) is 4.80. The van der Waals surface area contributed by atoms with Crippen LogP contribution in [0.2, 0.25) is 0 Å². The first-order valence-corrected chi connectivity index (χ1v) is 12.6. The van der Waals surface area contributed by atoms with Gasteiger partial charge in [0.25, 0.3) is 0 Å². The number of carbonyl (C=O) groups excluding carboxylic acids is 1. The predicted molar refractivity (Wildman–Crippen MR) is 132 cm³/mol. The average molecular weight is 460 g/mol. The third kappa shape index (κ3) is 6.20. The molecule has 2 aromatic rings. The molecule has 1 heterocycles. The van der Waals surface area contributed by atoms with Gasteiger partial charge in [-0.1, -0.05) is 58.0 Å². The lowest BCUT2D eigenvalue weighted by Crippen LogP contribution is -2.45. The van der Waals surface area contributed by atoms with Crippen LogP contribution in [0.3, 0.4) is 0 Å². The van der Waals surface area contributed by atoms with E-state index < -0.39 is 5.97 Å². The minimum Gasteiger partial charge on any atom is -0.477 e. The number of aliphatic hydroxyl groups excluding tert-OH is 1. The zero-order valence-corrected chi connectivity index (χ0v) is 20.5. The monoisotopic (exact) mass is 459 g/mol. The first-order chi connectivity index (χ1) is 15.5. The molecule has 1 saturated carbocycles. The number of hydrogen-bond acceptors (Lipinski definition) is 4. The van der Waals surface area contributed by atoms with Gasteiger partial charge in [0.15, 0.2) is 0 Å². The molecule has 1 aromatic heterocycles. The number of carbonyl (C=O) groups is 2. The summed E-state index contributed by atoms with van der Waals surface area (Å²) in [4.78, 5) is 28.5. The van der Waals surface area contributed by atoms with Gasteiger partial charge in [-0.05, 0) is 56.1 Å². The predicted octanol–water partition coefficient (Wildman–Crippen LogP) is 6.46. The molecular formula is C26H37NO4S. The van der Waals surface area contributed by atoms with Gasteiger partial charge in [-0.25, -0.2) is 4.79 Å². The number of amides is 1. The second-order valence-electron chi connectivity index (χ2n) is 8.24. The second-order valence-corrected chi connectivity index (χ2v) is 9.29. The molecule has 32 heavy (non-hydrogen) atoms. The van der Waals surface area contributed by atoms with Crippen LogP contribution in [-0.2, 0) is 4.79 Å². The lowest BCUT2D eigenvalue weighted by Gasteiger charge is -2.35. The molecule has 1 aliphatic carbocycles.